The van der Waals surface area contributed by atoms with Crippen molar-refractivity contribution in [2.24, 2.45) is 4.99 Å². The van der Waals surface area contributed by atoms with Crippen molar-refractivity contribution in [2.75, 3.05) is 13.7 Å². The van der Waals surface area contributed by atoms with Crippen molar-refractivity contribution >= 4 is 29.9 Å². The number of aliphatic imine (C=N–C) groups is 1. The molecule has 1 aromatic carbocycles. The molecular weight excluding hydrogens is 405 g/mol. The summed E-state index contributed by atoms with van der Waals surface area (Å²) in [6, 6.07) is 9.82. The number of benzene rings is 1. The highest BCUT2D eigenvalue weighted by Crippen LogP contribution is 2.17. The molecule has 0 atom stereocenters. The van der Waals surface area contributed by atoms with Crippen LogP contribution in [0.1, 0.15) is 11.3 Å². The van der Waals surface area contributed by atoms with Gasteiger partial charge in [0.2, 0.25) is 0 Å². The first-order chi connectivity index (χ1) is 10.8. The smallest absolute Gasteiger partial charge is 0.191 e. The number of guanidine groups is 1. The van der Waals surface area contributed by atoms with Crippen molar-refractivity contribution in [3.05, 3.63) is 60.4 Å². The number of rotatable bonds is 7. The number of hydrogen-bond donors (Lipinski definition) is 3. The molecule has 124 valence electrons. The minimum absolute atomic E-state index is 0. The van der Waals surface area contributed by atoms with Crippen LogP contribution in [0.2, 0.25) is 0 Å². The van der Waals surface area contributed by atoms with Gasteiger partial charge in [-0.05, 0) is 12.1 Å². The van der Waals surface area contributed by atoms with Gasteiger partial charge in [0.15, 0.2) is 5.96 Å². The molecule has 0 spiro atoms. The molecule has 0 bridgehead atoms. The number of halogens is 1. The van der Waals surface area contributed by atoms with E-state index in [0.29, 0.717) is 25.7 Å². The fraction of sp³-hybridized carbons (Fsp3) is 0.250. The summed E-state index contributed by atoms with van der Waals surface area (Å²) in [7, 11) is 1.74. The number of hydrogen-bond acceptors (Lipinski definition) is 3. The molecule has 6 nitrogen and oxygen atoms in total. The molecule has 0 saturated heterocycles. The molecule has 7 heteroatoms. The van der Waals surface area contributed by atoms with Crippen LogP contribution in [0.25, 0.3) is 0 Å². The summed E-state index contributed by atoms with van der Waals surface area (Å²) in [6.45, 7) is 5.41. The first kappa shape index (κ1) is 19.0. The molecule has 23 heavy (non-hydrogen) atoms. The zero-order valence-electron chi connectivity index (χ0n) is 13.1. The van der Waals surface area contributed by atoms with E-state index < -0.39 is 0 Å². The Morgan fingerprint density at radius 1 is 1.30 bits per heavy atom. The molecule has 0 fully saturated rings. The molecule has 1 heterocycles. The van der Waals surface area contributed by atoms with E-state index in [1.807, 2.05) is 30.3 Å². The number of nitrogens with zero attached hydrogens (tertiary/aromatic N) is 2. The van der Waals surface area contributed by atoms with Crippen LogP contribution in [0, 0.1) is 0 Å². The number of nitrogens with one attached hydrogen (secondary N) is 3. The lowest BCUT2D eigenvalue weighted by Crippen LogP contribution is -2.36. The van der Waals surface area contributed by atoms with E-state index in [4.69, 9.17) is 4.74 Å². The third kappa shape index (κ3) is 6.31. The van der Waals surface area contributed by atoms with Crippen LogP contribution in [0.5, 0.6) is 5.75 Å². The largest absolute Gasteiger partial charge is 0.489 e. The molecule has 0 aliphatic carbocycles. The van der Waals surface area contributed by atoms with Gasteiger partial charge in [0.1, 0.15) is 12.4 Å². The third-order valence-electron chi connectivity index (χ3n) is 3.00. The fourth-order valence-electron chi connectivity index (χ4n) is 1.90. The third-order valence-corrected chi connectivity index (χ3v) is 3.00. The first-order valence-corrected chi connectivity index (χ1v) is 7.08. The average molecular weight is 427 g/mol. The lowest BCUT2D eigenvalue weighted by molar-refractivity contribution is 0.358. The first-order valence-electron chi connectivity index (χ1n) is 7.08. The highest BCUT2D eigenvalue weighted by atomic mass is 127. The molecule has 1 aromatic heterocycles. The van der Waals surface area contributed by atoms with Crippen LogP contribution >= 0.6 is 24.0 Å². The van der Waals surface area contributed by atoms with Gasteiger partial charge in [0.05, 0.1) is 12.2 Å². The predicted octanol–water partition coefficient (Wildman–Crippen LogP) is 2.46. The second-order valence-corrected chi connectivity index (χ2v) is 4.57. The van der Waals surface area contributed by atoms with Gasteiger partial charge in [-0.25, -0.2) is 0 Å². The number of aromatic amines is 1. The maximum atomic E-state index is 5.64. The van der Waals surface area contributed by atoms with Gasteiger partial charge in [-0.1, -0.05) is 30.9 Å². The normalized spacial score (nSPS) is 10.6. The van der Waals surface area contributed by atoms with Gasteiger partial charge >= 0.3 is 0 Å². The van der Waals surface area contributed by atoms with Gasteiger partial charge < -0.3 is 15.4 Å². The molecular formula is C16H22IN5O. The van der Waals surface area contributed by atoms with Crippen LogP contribution in [-0.4, -0.2) is 29.8 Å². The second-order valence-electron chi connectivity index (χ2n) is 4.57. The van der Waals surface area contributed by atoms with E-state index in [9.17, 15) is 0 Å². The van der Waals surface area contributed by atoms with E-state index in [0.717, 1.165) is 17.0 Å². The van der Waals surface area contributed by atoms with E-state index in [1.165, 1.54) is 0 Å². The maximum absolute atomic E-state index is 5.64. The van der Waals surface area contributed by atoms with Crippen LogP contribution in [0.4, 0.5) is 0 Å². The zero-order valence-corrected chi connectivity index (χ0v) is 15.4. The lowest BCUT2D eigenvalue weighted by atomic mass is 10.2. The van der Waals surface area contributed by atoms with Gasteiger partial charge in [-0.3, -0.25) is 10.1 Å². The zero-order chi connectivity index (χ0) is 15.6. The minimum Gasteiger partial charge on any atom is -0.489 e. The summed E-state index contributed by atoms with van der Waals surface area (Å²) in [5.74, 6) is 1.56. The van der Waals surface area contributed by atoms with Crippen LogP contribution < -0.4 is 15.4 Å². The molecule has 0 radical (unpaired) electrons. The quantitative estimate of drug-likeness (QED) is 0.275. The average Bonchev–Trinajstić information content (AvgIpc) is 3.07. The van der Waals surface area contributed by atoms with Crippen LogP contribution in [0.15, 0.2) is 54.2 Å². The molecule has 0 aliphatic heterocycles. The highest BCUT2D eigenvalue weighted by molar-refractivity contribution is 14.0. The molecule has 0 saturated carbocycles. The van der Waals surface area contributed by atoms with E-state index in [2.05, 4.69) is 32.4 Å². The van der Waals surface area contributed by atoms with Crippen LogP contribution in [0.3, 0.4) is 0 Å². The summed E-state index contributed by atoms with van der Waals surface area (Å²) in [5.41, 5.74) is 2.06. The molecule has 2 rings (SSSR count). The van der Waals surface area contributed by atoms with E-state index in [-0.39, 0.29) is 24.0 Å². The van der Waals surface area contributed by atoms with Crippen molar-refractivity contribution in [3.63, 3.8) is 0 Å². The summed E-state index contributed by atoms with van der Waals surface area (Å²) in [5, 5.41) is 13.3. The fourth-order valence-corrected chi connectivity index (χ4v) is 1.90. The minimum atomic E-state index is 0. The highest BCUT2D eigenvalue weighted by Gasteiger charge is 2.04. The molecule has 2 aromatic rings. The molecule has 0 amide bonds. The van der Waals surface area contributed by atoms with Gasteiger partial charge in [0, 0.05) is 25.4 Å². The Morgan fingerprint density at radius 2 is 2.09 bits per heavy atom. The Kier molecular flexibility index (Phi) is 8.81. The standard InChI is InChI=1S/C16H21N5O.HI/c1-3-10-22-15-7-5-4-6-13(15)11-18-16(17-2)19-12-14-8-9-20-21-14;/h3-9H,1,10-12H2,2H3,(H,20,21)(H2,17,18,19);1H. The van der Waals surface area contributed by atoms with E-state index in [1.54, 1.807) is 19.3 Å². The van der Waals surface area contributed by atoms with Crippen LogP contribution in [-0.2, 0) is 13.1 Å². The van der Waals surface area contributed by atoms with Crippen molar-refractivity contribution in [2.45, 2.75) is 13.1 Å². The SMILES string of the molecule is C=CCOc1ccccc1CNC(=NC)NCc1ccn[nH]1.I. The molecule has 3 N–H and O–H groups in total. The van der Waals surface area contributed by atoms with Crippen molar-refractivity contribution < 1.29 is 4.74 Å². The number of ether oxygens (including phenoxy) is 1. The van der Waals surface area contributed by atoms with Gasteiger partial charge in [-0.2, -0.15) is 5.10 Å². The topological polar surface area (TPSA) is 74.3 Å². The second kappa shape index (κ2) is 10.7. The Hall–Kier alpha value is -2.03. The molecule has 0 unspecified atom stereocenters. The lowest BCUT2D eigenvalue weighted by Gasteiger charge is -2.14. The Bertz CT molecular complexity index is 613. The summed E-state index contributed by atoms with van der Waals surface area (Å²) in [6.07, 6.45) is 3.45. The maximum Gasteiger partial charge on any atom is 0.191 e. The Balaban J connectivity index is 0.00000264. The van der Waals surface area contributed by atoms with Crippen molar-refractivity contribution in [3.8, 4) is 5.75 Å². The number of H-pyrrole nitrogens is 1. The Morgan fingerprint density at radius 3 is 2.78 bits per heavy atom. The molecule has 0 aliphatic rings. The van der Waals surface area contributed by atoms with Gasteiger partial charge in [-0.15, -0.1) is 24.0 Å². The summed E-state index contributed by atoms with van der Waals surface area (Å²) >= 11 is 0. The summed E-state index contributed by atoms with van der Waals surface area (Å²) < 4.78 is 5.64. The van der Waals surface area contributed by atoms with Crippen molar-refractivity contribution in [1.29, 1.82) is 0 Å². The number of aromatic nitrogens is 2. The number of para-hydroxylation sites is 1. The monoisotopic (exact) mass is 427 g/mol. The van der Waals surface area contributed by atoms with E-state index >= 15 is 0 Å². The summed E-state index contributed by atoms with van der Waals surface area (Å²) in [4.78, 5) is 4.20. The van der Waals surface area contributed by atoms with Gasteiger partial charge in [0.25, 0.3) is 0 Å². The predicted molar refractivity (Wildman–Crippen MR) is 103 cm³/mol. The Labute approximate surface area is 153 Å². The van der Waals surface area contributed by atoms with Crippen molar-refractivity contribution in [1.82, 2.24) is 20.8 Å².